The highest BCUT2D eigenvalue weighted by Gasteiger charge is 2.23. The molecule has 3 heteroatoms. The van der Waals surface area contributed by atoms with Crippen LogP contribution in [0.4, 0.5) is 0 Å². The summed E-state index contributed by atoms with van der Waals surface area (Å²) in [5.74, 6) is 0.0893. The molecule has 0 aliphatic carbocycles. The van der Waals surface area contributed by atoms with E-state index in [-0.39, 0.29) is 11.9 Å². The maximum atomic E-state index is 12.7. The van der Waals surface area contributed by atoms with Gasteiger partial charge in [0.2, 0.25) is 5.91 Å². The van der Waals surface area contributed by atoms with E-state index in [0.29, 0.717) is 13.0 Å². The number of fused-ring (bicyclic) bond motifs is 1. The number of nitrogens with one attached hydrogen (secondary N) is 1. The lowest BCUT2D eigenvalue weighted by Crippen LogP contribution is -2.37. The van der Waals surface area contributed by atoms with Gasteiger partial charge in [0.1, 0.15) is 0 Å². The molecule has 0 radical (unpaired) electrons. The fraction of sp³-hybridized carbons (Fsp3) is 0.292. The molecule has 4 rings (SSSR count). The molecule has 3 nitrogen and oxygen atoms in total. The normalized spacial score (nSPS) is 15.7. The Morgan fingerprint density at radius 1 is 0.889 bits per heavy atom. The quantitative estimate of drug-likeness (QED) is 0.711. The van der Waals surface area contributed by atoms with Crippen LogP contribution in [0.3, 0.4) is 0 Å². The first-order valence-corrected chi connectivity index (χ1v) is 9.83. The smallest absolute Gasteiger partial charge is 0.224 e. The van der Waals surface area contributed by atoms with Crippen LogP contribution in [-0.4, -0.2) is 30.4 Å². The van der Waals surface area contributed by atoms with Crippen LogP contribution in [0.15, 0.2) is 72.8 Å². The predicted octanol–water partition coefficient (Wildman–Crippen LogP) is 4.34. The van der Waals surface area contributed by atoms with Crippen molar-refractivity contribution in [2.45, 2.75) is 25.3 Å². The van der Waals surface area contributed by atoms with Crippen molar-refractivity contribution in [2.75, 3.05) is 19.6 Å². The summed E-state index contributed by atoms with van der Waals surface area (Å²) in [7, 11) is 0. The summed E-state index contributed by atoms with van der Waals surface area (Å²) in [4.78, 5) is 15.2. The van der Waals surface area contributed by atoms with E-state index in [1.54, 1.807) is 0 Å². The van der Waals surface area contributed by atoms with E-state index in [4.69, 9.17) is 0 Å². The number of hydrogen-bond acceptors (Lipinski definition) is 2. The first-order valence-electron chi connectivity index (χ1n) is 9.83. The van der Waals surface area contributed by atoms with E-state index in [1.165, 1.54) is 23.8 Å². The first-order chi connectivity index (χ1) is 13.3. The fourth-order valence-corrected chi connectivity index (χ4v) is 4.08. The van der Waals surface area contributed by atoms with E-state index >= 15 is 0 Å². The molecule has 0 spiro atoms. The van der Waals surface area contributed by atoms with Crippen LogP contribution in [0, 0.1) is 0 Å². The Hall–Kier alpha value is -2.65. The number of benzene rings is 3. The Morgan fingerprint density at radius 2 is 1.59 bits per heavy atom. The summed E-state index contributed by atoms with van der Waals surface area (Å²) < 4.78 is 0. The van der Waals surface area contributed by atoms with Crippen LogP contribution < -0.4 is 5.32 Å². The van der Waals surface area contributed by atoms with Gasteiger partial charge in [-0.15, -0.1) is 0 Å². The van der Waals surface area contributed by atoms with Gasteiger partial charge < -0.3 is 5.32 Å². The molecule has 138 valence electrons. The van der Waals surface area contributed by atoms with Gasteiger partial charge in [-0.3, -0.25) is 9.69 Å². The zero-order valence-corrected chi connectivity index (χ0v) is 15.6. The lowest BCUT2D eigenvalue weighted by molar-refractivity contribution is -0.120. The predicted molar refractivity (Wildman–Crippen MR) is 111 cm³/mol. The zero-order valence-electron chi connectivity index (χ0n) is 15.6. The summed E-state index contributed by atoms with van der Waals surface area (Å²) in [6.07, 6.45) is 2.91. The minimum absolute atomic E-state index is 0.0893. The van der Waals surface area contributed by atoms with E-state index in [1.807, 2.05) is 24.3 Å². The molecule has 1 N–H and O–H groups in total. The Balaban J connectivity index is 1.45. The third-order valence-electron chi connectivity index (χ3n) is 5.49. The van der Waals surface area contributed by atoms with Crippen LogP contribution in [0.5, 0.6) is 0 Å². The van der Waals surface area contributed by atoms with Crippen molar-refractivity contribution >= 4 is 16.7 Å². The Morgan fingerprint density at radius 3 is 2.41 bits per heavy atom. The summed E-state index contributed by atoms with van der Waals surface area (Å²) in [5, 5.41) is 5.53. The average molecular weight is 358 g/mol. The second kappa shape index (κ2) is 8.36. The van der Waals surface area contributed by atoms with Gasteiger partial charge in [-0.2, -0.15) is 0 Å². The van der Waals surface area contributed by atoms with E-state index in [9.17, 15) is 4.79 Å². The minimum Gasteiger partial charge on any atom is -0.354 e. The summed E-state index contributed by atoms with van der Waals surface area (Å²) >= 11 is 0. The van der Waals surface area contributed by atoms with Gasteiger partial charge >= 0.3 is 0 Å². The molecule has 1 saturated heterocycles. The van der Waals surface area contributed by atoms with Crippen LogP contribution in [0.2, 0.25) is 0 Å². The highest BCUT2D eigenvalue weighted by atomic mass is 16.1. The number of carbonyl (C=O) groups excluding carboxylic acids is 1. The molecule has 1 atom stereocenters. The summed E-state index contributed by atoms with van der Waals surface area (Å²) in [6, 6.07) is 25.2. The van der Waals surface area contributed by atoms with Crippen molar-refractivity contribution in [2.24, 2.45) is 0 Å². The Kier molecular flexibility index (Phi) is 5.50. The van der Waals surface area contributed by atoms with Crippen molar-refractivity contribution in [3.05, 3.63) is 83.9 Å². The maximum Gasteiger partial charge on any atom is 0.224 e. The standard InChI is InChI=1S/C24H26N2O/c27-24(17-21-13-8-12-19-9-4-5-14-22(19)21)25-18-23(26-15-6-7-16-26)20-10-2-1-3-11-20/h1-5,8-14,23H,6-7,15-18H2,(H,25,27)/t23-/m0/s1. The molecular weight excluding hydrogens is 332 g/mol. The highest BCUT2D eigenvalue weighted by molar-refractivity contribution is 5.90. The lowest BCUT2D eigenvalue weighted by atomic mass is 10.0. The largest absolute Gasteiger partial charge is 0.354 e. The molecule has 1 aliphatic heterocycles. The molecule has 1 aliphatic rings. The molecule has 27 heavy (non-hydrogen) atoms. The van der Waals surface area contributed by atoms with Gasteiger partial charge in [0.25, 0.3) is 0 Å². The topological polar surface area (TPSA) is 32.3 Å². The highest BCUT2D eigenvalue weighted by Crippen LogP contribution is 2.24. The minimum atomic E-state index is 0.0893. The third-order valence-corrected chi connectivity index (χ3v) is 5.49. The molecule has 1 heterocycles. The second-order valence-corrected chi connectivity index (χ2v) is 7.29. The Bertz CT molecular complexity index is 895. The van der Waals surface area contributed by atoms with Gasteiger partial charge in [0, 0.05) is 6.54 Å². The molecule has 3 aromatic carbocycles. The molecule has 0 saturated carbocycles. The van der Waals surface area contributed by atoms with Crippen LogP contribution in [-0.2, 0) is 11.2 Å². The van der Waals surface area contributed by atoms with Crippen molar-refractivity contribution in [3.8, 4) is 0 Å². The molecule has 3 aromatic rings. The maximum absolute atomic E-state index is 12.7. The van der Waals surface area contributed by atoms with Crippen molar-refractivity contribution < 1.29 is 4.79 Å². The molecule has 0 unspecified atom stereocenters. The lowest BCUT2D eigenvalue weighted by Gasteiger charge is -2.28. The van der Waals surface area contributed by atoms with Crippen LogP contribution >= 0.6 is 0 Å². The zero-order chi connectivity index (χ0) is 18.5. The second-order valence-electron chi connectivity index (χ2n) is 7.29. The summed E-state index contributed by atoms with van der Waals surface area (Å²) in [5.41, 5.74) is 2.37. The molecule has 0 aromatic heterocycles. The number of nitrogens with zero attached hydrogens (tertiary/aromatic N) is 1. The average Bonchev–Trinajstić information content (AvgIpc) is 3.24. The van der Waals surface area contributed by atoms with E-state index in [2.05, 4.69) is 58.7 Å². The summed E-state index contributed by atoms with van der Waals surface area (Å²) in [6.45, 7) is 2.88. The fourth-order valence-electron chi connectivity index (χ4n) is 4.08. The SMILES string of the molecule is O=C(Cc1cccc2ccccc12)NC[C@@H](c1ccccc1)N1CCCC1. The van der Waals surface area contributed by atoms with Crippen molar-refractivity contribution in [1.82, 2.24) is 10.2 Å². The van der Waals surface area contributed by atoms with E-state index in [0.717, 1.165) is 24.0 Å². The van der Waals surface area contributed by atoms with Gasteiger partial charge in [-0.25, -0.2) is 0 Å². The number of carbonyl (C=O) groups is 1. The molecular formula is C24H26N2O. The van der Waals surface area contributed by atoms with E-state index < -0.39 is 0 Å². The molecule has 1 fully saturated rings. The molecule has 0 bridgehead atoms. The monoisotopic (exact) mass is 358 g/mol. The first kappa shape index (κ1) is 17.7. The van der Waals surface area contributed by atoms with Gasteiger partial charge in [0.15, 0.2) is 0 Å². The number of amides is 1. The van der Waals surface area contributed by atoms with Crippen molar-refractivity contribution in [3.63, 3.8) is 0 Å². The third kappa shape index (κ3) is 4.20. The number of rotatable bonds is 6. The number of hydrogen-bond donors (Lipinski definition) is 1. The van der Waals surface area contributed by atoms with Gasteiger partial charge in [-0.1, -0.05) is 72.8 Å². The number of likely N-dealkylation sites (tertiary alicyclic amines) is 1. The van der Waals surface area contributed by atoms with Gasteiger partial charge in [0.05, 0.1) is 12.5 Å². The van der Waals surface area contributed by atoms with Gasteiger partial charge in [-0.05, 0) is 47.8 Å². The van der Waals surface area contributed by atoms with Crippen molar-refractivity contribution in [1.29, 1.82) is 0 Å². The van der Waals surface area contributed by atoms with Crippen LogP contribution in [0.1, 0.15) is 30.0 Å². The Labute approximate surface area is 161 Å². The van der Waals surface area contributed by atoms with Crippen LogP contribution in [0.25, 0.3) is 10.8 Å². The molecule has 1 amide bonds.